The predicted molar refractivity (Wildman–Crippen MR) is 97.2 cm³/mol. The second-order valence-electron chi connectivity index (χ2n) is 6.99. The maximum absolute atomic E-state index is 12.7. The smallest absolute Gasteiger partial charge is 0.372 e. The molecular weight excluding hydrogens is 381 g/mol. The number of hydrogen-bond acceptors (Lipinski definition) is 4. The second-order valence-corrected chi connectivity index (χ2v) is 8.93. The fourth-order valence-corrected chi connectivity index (χ4v) is 4.37. The van der Waals surface area contributed by atoms with Gasteiger partial charge in [-0.15, -0.1) is 0 Å². The zero-order valence-electron chi connectivity index (χ0n) is 15.7. The van der Waals surface area contributed by atoms with Gasteiger partial charge in [-0.3, -0.25) is 0 Å². The van der Waals surface area contributed by atoms with Crippen LogP contribution in [0.1, 0.15) is 31.7 Å². The van der Waals surface area contributed by atoms with Crippen molar-refractivity contribution in [3.63, 3.8) is 0 Å². The number of ether oxygens (including phenoxy) is 1. The van der Waals surface area contributed by atoms with E-state index < -0.39 is 22.8 Å². The zero-order chi connectivity index (χ0) is 20.1. The van der Waals surface area contributed by atoms with Gasteiger partial charge in [-0.25, -0.2) is 8.42 Å². The van der Waals surface area contributed by atoms with Gasteiger partial charge in [0.05, 0.1) is 4.90 Å². The van der Waals surface area contributed by atoms with Crippen molar-refractivity contribution in [3.05, 3.63) is 29.8 Å². The summed E-state index contributed by atoms with van der Waals surface area (Å²) in [6, 6.07) is 6.98. The van der Waals surface area contributed by atoms with Crippen LogP contribution in [0.5, 0.6) is 0 Å². The molecule has 0 aromatic heterocycles. The van der Waals surface area contributed by atoms with Crippen LogP contribution >= 0.6 is 0 Å². The summed E-state index contributed by atoms with van der Waals surface area (Å²) < 4.78 is 67.5. The van der Waals surface area contributed by atoms with E-state index in [1.807, 2.05) is 17.0 Å². The van der Waals surface area contributed by atoms with E-state index in [-0.39, 0.29) is 6.61 Å². The molecule has 1 aliphatic rings. The van der Waals surface area contributed by atoms with Crippen molar-refractivity contribution < 1.29 is 26.3 Å². The molecule has 1 aliphatic heterocycles. The molecule has 27 heavy (non-hydrogen) atoms. The second kappa shape index (κ2) is 9.36. The van der Waals surface area contributed by atoms with E-state index in [4.69, 9.17) is 0 Å². The van der Waals surface area contributed by atoms with Gasteiger partial charge in [0.15, 0.2) is 0 Å². The number of piperazine rings is 1. The molecular formula is C18H27F3N2O3S. The summed E-state index contributed by atoms with van der Waals surface area (Å²) in [5, 5.41) is 0. The van der Waals surface area contributed by atoms with E-state index in [0.29, 0.717) is 50.0 Å². The van der Waals surface area contributed by atoms with Crippen LogP contribution in [-0.2, 0) is 14.8 Å². The van der Waals surface area contributed by atoms with E-state index in [2.05, 4.69) is 18.6 Å². The average molecular weight is 408 g/mol. The molecule has 0 bridgehead atoms. The first kappa shape index (κ1) is 22.1. The van der Waals surface area contributed by atoms with Crippen molar-refractivity contribution in [2.45, 2.75) is 37.3 Å². The van der Waals surface area contributed by atoms with Crippen LogP contribution in [0.4, 0.5) is 13.2 Å². The van der Waals surface area contributed by atoms with Crippen LogP contribution in [0.15, 0.2) is 29.2 Å². The van der Waals surface area contributed by atoms with Crippen molar-refractivity contribution in [2.24, 2.45) is 0 Å². The lowest BCUT2D eigenvalue weighted by Gasteiger charge is -2.34. The topological polar surface area (TPSA) is 49.9 Å². The standard InChI is InChI=1S/C18H27F3N2O3S/c1-15(2)16-4-6-17(7-5-16)27(24,25)23-11-9-22(10-12-23)8-3-13-26-14-18(19,20)21/h4-7,15H,3,8-14H2,1-2H3. The third-order valence-corrected chi connectivity index (χ3v) is 6.46. The van der Waals surface area contributed by atoms with E-state index in [1.165, 1.54) is 4.31 Å². The molecule has 2 rings (SSSR count). The lowest BCUT2D eigenvalue weighted by atomic mass is 10.0. The monoisotopic (exact) mass is 408 g/mol. The van der Waals surface area contributed by atoms with Crippen molar-refractivity contribution in [1.82, 2.24) is 9.21 Å². The van der Waals surface area contributed by atoms with Gasteiger partial charge in [-0.2, -0.15) is 17.5 Å². The molecule has 0 aliphatic carbocycles. The number of halogens is 3. The molecule has 1 fully saturated rings. The molecule has 0 amide bonds. The Morgan fingerprint density at radius 3 is 2.19 bits per heavy atom. The summed E-state index contributed by atoms with van der Waals surface area (Å²) in [7, 11) is -3.52. The molecule has 1 heterocycles. The number of hydrogen-bond donors (Lipinski definition) is 0. The molecule has 0 unspecified atom stereocenters. The van der Waals surface area contributed by atoms with Crippen LogP contribution in [0, 0.1) is 0 Å². The fourth-order valence-electron chi connectivity index (χ4n) is 2.95. The summed E-state index contributed by atoms with van der Waals surface area (Å²) in [6.07, 6.45) is -3.81. The first-order valence-electron chi connectivity index (χ1n) is 9.06. The molecule has 154 valence electrons. The van der Waals surface area contributed by atoms with Crippen LogP contribution in [-0.4, -0.2) is 69.7 Å². The van der Waals surface area contributed by atoms with Crippen molar-refractivity contribution in [2.75, 3.05) is 45.9 Å². The van der Waals surface area contributed by atoms with Crippen molar-refractivity contribution in [3.8, 4) is 0 Å². The number of rotatable bonds is 8. The number of alkyl halides is 3. The third kappa shape index (κ3) is 6.74. The molecule has 0 N–H and O–H groups in total. The summed E-state index contributed by atoms with van der Waals surface area (Å²) in [5.74, 6) is 0.338. The first-order valence-corrected chi connectivity index (χ1v) is 10.5. The van der Waals surface area contributed by atoms with E-state index in [0.717, 1.165) is 5.56 Å². The minimum Gasteiger partial charge on any atom is -0.372 e. The van der Waals surface area contributed by atoms with Gasteiger partial charge in [-0.05, 0) is 30.0 Å². The van der Waals surface area contributed by atoms with Gasteiger partial charge in [0.1, 0.15) is 6.61 Å². The Hall–Kier alpha value is -1.16. The van der Waals surface area contributed by atoms with Gasteiger partial charge < -0.3 is 9.64 Å². The highest BCUT2D eigenvalue weighted by atomic mass is 32.2. The van der Waals surface area contributed by atoms with Gasteiger partial charge >= 0.3 is 6.18 Å². The van der Waals surface area contributed by atoms with Gasteiger partial charge in [0.2, 0.25) is 10.0 Å². The third-order valence-electron chi connectivity index (χ3n) is 4.54. The Morgan fingerprint density at radius 1 is 1.07 bits per heavy atom. The summed E-state index contributed by atoms with van der Waals surface area (Å²) in [4.78, 5) is 2.34. The normalized spacial score (nSPS) is 17.6. The van der Waals surface area contributed by atoms with Crippen LogP contribution in [0.25, 0.3) is 0 Å². The Labute approximate surface area is 159 Å². The highest BCUT2D eigenvalue weighted by molar-refractivity contribution is 7.89. The maximum atomic E-state index is 12.7. The van der Waals surface area contributed by atoms with Crippen molar-refractivity contribution in [1.29, 1.82) is 0 Å². The summed E-state index contributed by atoms with van der Waals surface area (Å²) >= 11 is 0. The van der Waals surface area contributed by atoms with Gasteiger partial charge in [0.25, 0.3) is 0 Å². The van der Waals surface area contributed by atoms with Crippen LogP contribution in [0.2, 0.25) is 0 Å². The predicted octanol–water partition coefficient (Wildman–Crippen LogP) is 3.09. The van der Waals surface area contributed by atoms with Crippen LogP contribution in [0.3, 0.4) is 0 Å². The molecule has 5 nitrogen and oxygen atoms in total. The fraction of sp³-hybridized carbons (Fsp3) is 0.667. The molecule has 1 aromatic rings. The van der Waals surface area contributed by atoms with Crippen molar-refractivity contribution >= 4 is 10.0 Å². The van der Waals surface area contributed by atoms with Gasteiger partial charge in [0, 0.05) is 39.3 Å². The SMILES string of the molecule is CC(C)c1ccc(S(=O)(=O)N2CCN(CCCOCC(F)(F)F)CC2)cc1. The highest BCUT2D eigenvalue weighted by Crippen LogP contribution is 2.21. The quantitative estimate of drug-likeness (QED) is 0.621. The minimum absolute atomic E-state index is 0.0419. The number of benzene rings is 1. The Morgan fingerprint density at radius 2 is 1.67 bits per heavy atom. The van der Waals surface area contributed by atoms with E-state index in [9.17, 15) is 21.6 Å². The summed E-state index contributed by atoms with van der Waals surface area (Å²) in [6.45, 7) is 5.37. The minimum atomic E-state index is -4.30. The lowest BCUT2D eigenvalue weighted by Crippen LogP contribution is -2.48. The molecule has 0 saturated carbocycles. The molecule has 0 atom stereocenters. The Balaban J connectivity index is 1.78. The number of sulfonamides is 1. The summed E-state index contributed by atoms with van der Waals surface area (Å²) in [5.41, 5.74) is 1.09. The molecule has 0 spiro atoms. The van der Waals surface area contributed by atoms with Crippen LogP contribution < -0.4 is 0 Å². The molecule has 1 saturated heterocycles. The largest absolute Gasteiger partial charge is 0.411 e. The average Bonchev–Trinajstić information content (AvgIpc) is 2.61. The molecule has 0 radical (unpaired) electrons. The first-order chi connectivity index (χ1) is 12.6. The highest BCUT2D eigenvalue weighted by Gasteiger charge is 2.29. The zero-order valence-corrected chi connectivity index (χ0v) is 16.5. The maximum Gasteiger partial charge on any atom is 0.411 e. The molecule has 9 heteroatoms. The lowest BCUT2D eigenvalue weighted by molar-refractivity contribution is -0.174. The Bertz CT molecular complexity index is 683. The molecule has 1 aromatic carbocycles. The van der Waals surface area contributed by atoms with E-state index >= 15 is 0 Å². The van der Waals surface area contributed by atoms with E-state index in [1.54, 1.807) is 12.1 Å². The number of nitrogens with zero attached hydrogens (tertiary/aromatic N) is 2. The van der Waals surface area contributed by atoms with Gasteiger partial charge in [-0.1, -0.05) is 26.0 Å². The Kier molecular flexibility index (Phi) is 7.67.